The van der Waals surface area contributed by atoms with Crippen LogP contribution in [0.1, 0.15) is 11.1 Å². The van der Waals surface area contributed by atoms with Crippen LogP contribution in [0.25, 0.3) is 11.1 Å². The summed E-state index contributed by atoms with van der Waals surface area (Å²) >= 11 is 0. The predicted octanol–water partition coefficient (Wildman–Crippen LogP) is 3.01. The van der Waals surface area contributed by atoms with E-state index in [4.69, 9.17) is 0 Å². The van der Waals surface area contributed by atoms with Crippen LogP contribution in [-0.2, 0) is 13.1 Å². The predicted molar refractivity (Wildman–Crippen MR) is 85.4 cm³/mol. The molecule has 0 aliphatic carbocycles. The standard InChI is InChI=1S/C19H18N2/c1-2-4-18(5-3-1)19-8-6-16(7-9-19)14-21-15-17-10-12-20-13-11-17/h1-13,21H,14-15H2/p+1. The number of benzene rings is 2. The van der Waals surface area contributed by atoms with Crippen LogP contribution in [0.2, 0.25) is 0 Å². The summed E-state index contributed by atoms with van der Waals surface area (Å²) in [6.07, 6.45) is 3.69. The number of nitrogens with two attached hydrogens (primary N) is 1. The van der Waals surface area contributed by atoms with Crippen LogP contribution in [0.3, 0.4) is 0 Å². The number of rotatable bonds is 5. The van der Waals surface area contributed by atoms with Gasteiger partial charge in [0.2, 0.25) is 0 Å². The molecule has 0 unspecified atom stereocenters. The van der Waals surface area contributed by atoms with E-state index in [0.717, 1.165) is 13.1 Å². The fourth-order valence-electron chi connectivity index (χ4n) is 2.39. The van der Waals surface area contributed by atoms with Gasteiger partial charge in [0.05, 0.1) is 0 Å². The molecule has 0 aliphatic rings. The Balaban J connectivity index is 1.58. The smallest absolute Gasteiger partial charge is 0.102 e. The van der Waals surface area contributed by atoms with Gasteiger partial charge in [-0.3, -0.25) is 4.98 Å². The maximum atomic E-state index is 4.04. The van der Waals surface area contributed by atoms with Crippen LogP contribution in [-0.4, -0.2) is 4.98 Å². The van der Waals surface area contributed by atoms with Gasteiger partial charge in [-0.05, 0) is 23.3 Å². The van der Waals surface area contributed by atoms with Crippen LogP contribution >= 0.6 is 0 Å². The highest BCUT2D eigenvalue weighted by Crippen LogP contribution is 2.18. The molecule has 0 bridgehead atoms. The molecule has 0 radical (unpaired) electrons. The van der Waals surface area contributed by atoms with Gasteiger partial charge in [-0.25, -0.2) is 0 Å². The maximum absolute atomic E-state index is 4.04. The van der Waals surface area contributed by atoms with E-state index in [-0.39, 0.29) is 0 Å². The lowest BCUT2D eigenvalue weighted by molar-refractivity contribution is -0.686. The summed E-state index contributed by atoms with van der Waals surface area (Å²) < 4.78 is 0. The van der Waals surface area contributed by atoms with E-state index in [1.165, 1.54) is 22.3 Å². The lowest BCUT2D eigenvalue weighted by Gasteiger charge is -2.04. The van der Waals surface area contributed by atoms with Crippen molar-refractivity contribution in [1.29, 1.82) is 0 Å². The molecule has 0 fully saturated rings. The van der Waals surface area contributed by atoms with Gasteiger partial charge in [0.15, 0.2) is 0 Å². The summed E-state index contributed by atoms with van der Waals surface area (Å²) in [5.41, 5.74) is 5.20. The van der Waals surface area contributed by atoms with Gasteiger partial charge in [-0.2, -0.15) is 0 Å². The number of quaternary nitrogens is 1. The fourth-order valence-corrected chi connectivity index (χ4v) is 2.39. The first kappa shape index (κ1) is 13.5. The molecule has 3 rings (SSSR count). The number of hydrogen-bond donors (Lipinski definition) is 1. The number of nitrogens with zero attached hydrogens (tertiary/aromatic N) is 1. The largest absolute Gasteiger partial charge is 0.339 e. The zero-order valence-electron chi connectivity index (χ0n) is 11.9. The van der Waals surface area contributed by atoms with Gasteiger partial charge >= 0.3 is 0 Å². The van der Waals surface area contributed by atoms with Crippen molar-refractivity contribution in [3.63, 3.8) is 0 Å². The Kier molecular flexibility index (Phi) is 4.39. The quantitative estimate of drug-likeness (QED) is 0.762. The Labute approximate surface area is 125 Å². The third kappa shape index (κ3) is 3.77. The highest BCUT2D eigenvalue weighted by atomic mass is 14.8. The highest BCUT2D eigenvalue weighted by Gasteiger charge is 1.99. The van der Waals surface area contributed by atoms with Gasteiger partial charge in [-0.15, -0.1) is 0 Å². The molecule has 2 aromatic carbocycles. The molecule has 21 heavy (non-hydrogen) atoms. The second-order valence-corrected chi connectivity index (χ2v) is 5.12. The molecule has 2 nitrogen and oxygen atoms in total. The normalized spacial score (nSPS) is 10.5. The summed E-state index contributed by atoms with van der Waals surface area (Å²) in [6, 6.07) is 23.4. The second kappa shape index (κ2) is 6.82. The SMILES string of the molecule is c1ccc(-c2ccc(C[NH2+]Cc3ccncc3)cc2)cc1. The number of pyridine rings is 1. The second-order valence-electron chi connectivity index (χ2n) is 5.12. The Morgan fingerprint density at radius 3 is 1.86 bits per heavy atom. The first-order valence-electron chi connectivity index (χ1n) is 7.27. The third-order valence-electron chi connectivity index (χ3n) is 3.57. The van der Waals surface area contributed by atoms with Gasteiger partial charge < -0.3 is 5.32 Å². The van der Waals surface area contributed by atoms with Crippen LogP contribution in [0.4, 0.5) is 0 Å². The molecule has 2 N–H and O–H groups in total. The van der Waals surface area contributed by atoms with Crippen LogP contribution in [0.15, 0.2) is 79.1 Å². The summed E-state index contributed by atoms with van der Waals surface area (Å²) in [4.78, 5) is 4.04. The van der Waals surface area contributed by atoms with E-state index in [0.29, 0.717) is 0 Å². The minimum absolute atomic E-state index is 0.989. The first-order valence-corrected chi connectivity index (χ1v) is 7.27. The highest BCUT2D eigenvalue weighted by molar-refractivity contribution is 5.63. The molecule has 3 aromatic rings. The fraction of sp³-hybridized carbons (Fsp3) is 0.105. The molecule has 0 saturated carbocycles. The van der Waals surface area contributed by atoms with Gasteiger partial charge in [0.25, 0.3) is 0 Å². The average molecular weight is 275 g/mol. The molecule has 0 atom stereocenters. The summed E-state index contributed by atoms with van der Waals surface area (Å²) in [5, 5.41) is 2.31. The van der Waals surface area contributed by atoms with Gasteiger partial charge in [-0.1, -0.05) is 54.6 Å². The maximum Gasteiger partial charge on any atom is 0.102 e. The molecule has 104 valence electrons. The monoisotopic (exact) mass is 275 g/mol. The summed E-state index contributed by atoms with van der Waals surface area (Å²) in [6.45, 7) is 1.99. The molecule has 1 heterocycles. The van der Waals surface area contributed by atoms with Crippen LogP contribution in [0, 0.1) is 0 Å². The lowest BCUT2D eigenvalue weighted by atomic mass is 10.0. The Bertz CT molecular complexity index is 661. The minimum Gasteiger partial charge on any atom is -0.339 e. The third-order valence-corrected chi connectivity index (χ3v) is 3.57. The Hall–Kier alpha value is -2.45. The molecule has 0 amide bonds. The van der Waals surface area contributed by atoms with Crippen molar-refractivity contribution in [1.82, 2.24) is 4.98 Å². The van der Waals surface area contributed by atoms with Crippen LogP contribution in [0.5, 0.6) is 0 Å². The van der Waals surface area contributed by atoms with E-state index >= 15 is 0 Å². The van der Waals surface area contributed by atoms with E-state index < -0.39 is 0 Å². The number of aromatic nitrogens is 1. The molecule has 2 heteroatoms. The van der Waals surface area contributed by atoms with Crippen molar-refractivity contribution in [3.05, 3.63) is 90.3 Å². The number of hydrogen-bond acceptors (Lipinski definition) is 1. The molecule has 0 aliphatic heterocycles. The molecule has 0 saturated heterocycles. The minimum atomic E-state index is 0.989. The van der Waals surface area contributed by atoms with E-state index in [1.807, 2.05) is 18.5 Å². The average Bonchev–Trinajstić information content (AvgIpc) is 2.57. The molecular formula is C19H19N2+. The van der Waals surface area contributed by atoms with Crippen molar-refractivity contribution in [2.24, 2.45) is 0 Å². The zero-order valence-corrected chi connectivity index (χ0v) is 11.9. The van der Waals surface area contributed by atoms with Crippen molar-refractivity contribution >= 4 is 0 Å². The van der Waals surface area contributed by atoms with E-state index in [1.54, 1.807) is 0 Å². The van der Waals surface area contributed by atoms with Crippen molar-refractivity contribution in [2.75, 3.05) is 0 Å². The van der Waals surface area contributed by atoms with Crippen molar-refractivity contribution in [2.45, 2.75) is 13.1 Å². The Morgan fingerprint density at radius 2 is 1.19 bits per heavy atom. The summed E-state index contributed by atoms with van der Waals surface area (Å²) in [7, 11) is 0. The molecule has 1 aromatic heterocycles. The first-order chi connectivity index (χ1) is 10.4. The van der Waals surface area contributed by atoms with E-state index in [9.17, 15) is 0 Å². The van der Waals surface area contributed by atoms with E-state index in [2.05, 4.69) is 71.0 Å². The Morgan fingerprint density at radius 1 is 0.619 bits per heavy atom. The van der Waals surface area contributed by atoms with Crippen molar-refractivity contribution < 1.29 is 5.32 Å². The van der Waals surface area contributed by atoms with Crippen LogP contribution < -0.4 is 5.32 Å². The lowest BCUT2D eigenvalue weighted by Crippen LogP contribution is -2.80. The van der Waals surface area contributed by atoms with Gasteiger partial charge in [0, 0.05) is 23.5 Å². The van der Waals surface area contributed by atoms with Gasteiger partial charge in [0.1, 0.15) is 13.1 Å². The topological polar surface area (TPSA) is 29.5 Å². The molecule has 0 spiro atoms. The summed E-state index contributed by atoms with van der Waals surface area (Å²) in [5.74, 6) is 0. The molecular weight excluding hydrogens is 256 g/mol. The zero-order chi connectivity index (χ0) is 14.3. The van der Waals surface area contributed by atoms with Crippen molar-refractivity contribution in [3.8, 4) is 11.1 Å².